The van der Waals surface area contributed by atoms with Gasteiger partial charge < -0.3 is 84.1 Å². The molecule has 2 aliphatic carbocycles. The SMILES string of the molecule is COc1cc(OC)c(C(=O)CC2CCC(NC(=O)c3cc(C(=O)NCCN)c(OCCCCCN)cc3OCCCCCN)CC2)cc1C(=O)CC1CCC(NC(=O)c2cc(C(=O)NCCN)c(OCCCCCN)cc2OCCCCCN)CC1. The fourth-order valence-corrected chi connectivity index (χ4v) is 10.9. The number of ether oxygens (including phenoxy) is 6. The van der Waals surface area contributed by atoms with Crippen molar-refractivity contribution < 1.29 is 57.2 Å². The van der Waals surface area contributed by atoms with E-state index >= 15 is 0 Å². The molecule has 2 aliphatic rings. The Balaban J connectivity index is 1.22. The maximum absolute atomic E-state index is 14.2. The molecule has 2 fully saturated rings. The number of Topliss-reactive ketones (excluding diaryl/α,β-unsaturated/α-hetero) is 2. The van der Waals surface area contributed by atoms with E-state index in [1.165, 1.54) is 26.4 Å². The van der Waals surface area contributed by atoms with Crippen LogP contribution in [0.5, 0.6) is 34.5 Å². The molecule has 3 aromatic rings. The highest BCUT2D eigenvalue weighted by atomic mass is 16.5. The second kappa shape index (κ2) is 39.3. The second-order valence-electron chi connectivity index (χ2n) is 22.5. The van der Waals surface area contributed by atoms with Crippen LogP contribution in [0.1, 0.15) is 203 Å². The Labute approximate surface area is 508 Å². The Morgan fingerprint density at radius 3 is 0.942 bits per heavy atom. The molecule has 3 aromatic carbocycles. The van der Waals surface area contributed by atoms with Crippen molar-refractivity contribution in [1.29, 1.82) is 0 Å². The molecule has 0 radical (unpaired) electrons. The van der Waals surface area contributed by atoms with Crippen molar-refractivity contribution in [3.05, 3.63) is 69.8 Å². The average molecular weight is 1200 g/mol. The zero-order valence-electron chi connectivity index (χ0n) is 51.2. The number of rotatable bonds is 42. The summed E-state index contributed by atoms with van der Waals surface area (Å²) >= 11 is 0. The molecule has 0 heterocycles. The predicted octanol–water partition coefficient (Wildman–Crippen LogP) is 6.24. The summed E-state index contributed by atoms with van der Waals surface area (Å²) in [5.41, 5.74) is 35.6. The van der Waals surface area contributed by atoms with Crippen LogP contribution in [0.15, 0.2) is 36.4 Å². The van der Waals surface area contributed by atoms with Crippen LogP contribution >= 0.6 is 0 Å². The Morgan fingerprint density at radius 1 is 0.360 bits per heavy atom. The number of hydrogen-bond acceptors (Lipinski definition) is 18. The Hall–Kier alpha value is -6.56. The summed E-state index contributed by atoms with van der Waals surface area (Å²) in [4.78, 5) is 83.8. The molecule has 5 rings (SSSR count). The molecule has 22 heteroatoms. The zero-order valence-corrected chi connectivity index (χ0v) is 51.2. The Morgan fingerprint density at radius 2 is 0.651 bits per heavy atom. The second-order valence-corrected chi connectivity index (χ2v) is 22.5. The smallest absolute Gasteiger partial charge is 0.255 e. The van der Waals surface area contributed by atoms with Crippen LogP contribution in [-0.4, -0.2) is 140 Å². The van der Waals surface area contributed by atoms with Crippen LogP contribution in [0.3, 0.4) is 0 Å². The molecule has 0 spiro atoms. The van der Waals surface area contributed by atoms with Gasteiger partial charge in [-0.1, -0.05) is 0 Å². The summed E-state index contributed by atoms with van der Waals surface area (Å²) in [7, 11) is 2.96. The number of unbranched alkanes of at least 4 members (excludes halogenated alkanes) is 8. The van der Waals surface area contributed by atoms with Crippen LogP contribution in [0.25, 0.3) is 0 Å². The van der Waals surface area contributed by atoms with Crippen molar-refractivity contribution in [2.24, 2.45) is 46.2 Å². The Bertz CT molecular complexity index is 2440. The summed E-state index contributed by atoms with van der Waals surface area (Å²) in [5.74, 6) is -0.0706. The first-order valence-corrected chi connectivity index (χ1v) is 31.4. The van der Waals surface area contributed by atoms with Gasteiger partial charge in [-0.05, 0) is 185 Å². The van der Waals surface area contributed by atoms with Gasteiger partial charge in [0, 0.05) is 69.3 Å². The van der Waals surface area contributed by atoms with E-state index in [-0.39, 0.29) is 109 Å². The first-order chi connectivity index (χ1) is 41.8. The number of nitrogens with one attached hydrogen (secondary N) is 4. The number of hydrogen-bond donors (Lipinski definition) is 10. The molecular weight excluding hydrogens is 1100 g/mol. The molecule has 4 amide bonds. The third-order valence-corrected chi connectivity index (χ3v) is 15.9. The molecule has 0 saturated heterocycles. The number of benzene rings is 3. The molecule has 2 saturated carbocycles. The van der Waals surface area contributed by atoms with Crippen LogP contribution < -0.4 is 84.1 Å². The maximum atomic E-state index is 14.2. The van der Waals surface area contributed by atoms with Crippen molar-refractivity contribution in [2.45, 2.75) is 153 Å². The highest BCUT2D eigenvalue weighted by Gasteiger charge is 2.32. The van der Waals surface area contributed by atoms with Gasteiger partial charge in [0.15, 0.2) is 11.6 Å². The monoisotopic (exact) mass is 1200 g/mol. The molecule has 478 valence electrons. The molecule has 0 unspecified atom stereocenters. The Kier molecular flexibility index (Phi) is 32.1. The summed E-state index contributed by atoms with van der Waals surface area (Å²) in [5, 5.41) is 12.0. The summed E-state index contributed by atoms with van der Waals surface area (Å²) in [6.45, 7) is 4.63. The van der Waals surface area contributed by atoms with E-state index in [1.54, 1.807) is 24.3 Å². The lowest BCUT2D eigenvalue weighted by atomic mass is 9.81. The molecule has 22 nitrogen and oxygen atoms in total. The standard InChI is InChI=1S/C64H100N10O12/c1-81-55-40-56(82-2)48(54(76)36-44-17-21-46(22-18-44)74-64(80)52-39-50(62(78)72-30-28-70)58(84-32-12-4-8-24-66)42-60(52)86-34-14-6-10-26-68)37-47(55)53(75)35-43-15-19-45(20-16-43)73-63(79)51-38-49(61(77)71-29-27-69)57(83-31-11-3-7-23-65)41-59(51)85-33-13-5-9-25-67/h37-46H,3-36,65-70H2,1-2H3,(H,71,77)(H,72,78)(H,73,79)(H,74,80). The molecular formula is C64H100N10O12. The van der Waals surface area contributed by atoms with E-state index < -0.39 is 11.8 Å². The quantitative estimate of drug-likeness (QED) is 0.0222. The van der Waals surface area contributed by atoms with E-state index in [0.717, 1.165) is 77.0 Å². The van der Waals surface area contributed by atoms with Crippen LogP contribution in [0.2, 0.25) is 0 Å². The van der Waals surface area contributed by atoms with Crippen molar-refractivity contribution in [3.8, 4) is 34.5 Å². The minimum atomic E-state index is -0.418. The predicted molar refractivity (Wildman–Crippen MR) is 333 cm³/mol. The average Bonchev–Trinajstić information content (AvgIpc) is 1.53. The molecule has 0 aliphatic heterocycles. The van der Waals surface area contributed by atoms with Gasteiger partial charge in [0.05, 0.1) is 74.0 Å². The van der Waals surface area contributed by atoms with Crippen LogP contribution in [-0.2, 0) is 0 Å². The van der Waals surface area contributed by atoms with Crippen molar-refractivity contribution >= 4 is 35.2 Å². The highest BCUT2D eigenvalue weighted by molar-refractivity contribution is 6.06. The van der Waals surface area contributed by atoms with Gasteiger partial charge in [-0.25, -0.2) is 0 Å². The number of carbonyl (C=O) groups is 6. The van der Waals surface area contributed by atoms with E-state index in [9.17, 15) is 28.8 Å². The first kappa shape index (κ1) is 70.2. The van der Waals surface area contributed by atoms with Crippen molar-refractivity contribution in [3.63, 3.8) is 0 Å². The number of carbonyl (C=O) groups excluding carboxylic acids is 6. The summed E-state index contributed by atoms with van der Waals surface area (Å²) < 4.78 is 36.1. The van der Waals surface area contributed by atoms with Crippen molar-refractivity contribution in [2.75, 3.05) is 93.0 Å². The van der Waals surface area contributed by atoms with E-state index in [4.69, 9.17) is 62.8 Å². The number of methoxy groups -OCH3 is 2. The van der Waals surface area contributed by atoms with Gasteiger partial charge in [0.1, 0.15) is 34.5 Å². The minimum Gasteiger partial charge on any atom is -0.496 e. The van der Waals surface area contributed by atoms with Gasteiger partial charge >= 0.3 is 0 Å². The lowest BCUT2D eigenvalue weighted by molar-refractivity contribution is 0.0889. The molecule has 0 aromatic heterocycles. The fourth-order valence-electron chi connectivity index (χ4n) is 10.9. The molecule has 0 bridgehead atoms. The maximum Gasteiger partial charge on any atom is 0.255 e. The van der Waals surface area contributed by atoms with Gasteiger partial charge in [-0.2, -0.15) is 0 Å². The van der Waals surface area contributed by atoms with Crippen LogP contribution in [0, 0.1) is 11.8 Å². The lowest BCUT2D eigenvalue weighted by Crippen LogP contribution is -2.38. The van der Waals surface area contributed by atoms with Crippen LogP contribution in [0.4, 0.5) is 0 Å². The molecule has 0 atom stereocenters. The van der Waals surface area contributed by atoms with E-state index in [1.807, 2.05) is 0 Å². The highest BCUT2D eigenvalue weighted by Crippen LogP contribution is 2.38. The first-order valence-electron chi connectivity index (χ1n) is 31.4. The topological polar surface area (TPSA) is 362 Å². The zero-order chi connectivity index (χ0) is 62.1. The lowest BCUT2D eigenvalue weighted by Gasteiger charge is -2.29. The third-order valence-electron chi connectivity index (χ3n) is 15.9. The minimum absolute atomic E-state index is 0.00678. The summed E-state index contributed by atoms with van der Waals surface area (Å²) in [6.07, 6.45) is 15.3. The van der Waals surface area contributed by atoms with E-state index in [0.29, 0.717) is 150 Å². The normalized spacial score (nSPS) is 16.6. The van der Waals surface area contributed by atoms with Crippen molar-refractivity contribution in [1.82, 2.24) is 21.3 Å². The fraction of sp³-hybridized carbons (Fsp3) is 0.625. The number of ketones is 2. The van der Waals surface area contributed by atoms with Gasteiger partial charge in [-0.3, -0.25) is 28.8 Å². The van der Waals surface area contributed by atoms with Gasteiger partial charge in [0.25, 0.3) is 23.6 Å². The number of nitrogens with two attached hydrogens (primary N) is 6. The summed E-state index contributed by atoms with van der Waals surface area (Å²) in [6, 6.07) is 9.10. The number of amides is 4. The van der Waals surface area contributed by atoms with Gasteiger partial charge in [0.2, 0.25) is 0 Å². The van der Waals surface area contributed by atoms with E-state index in [2.05, 4.69) is 21.3 Å². The largest absolute Gasteiger partial charge is 0.496 e. The third kappa shape index (κ3) is 22.6. The van der Waals surface area contributed by atoms with Gasteiger partial charge in [-0.15, -0.1) is 0 Å². The molecule has 86 heavy (non-hydrogen) atoms. The molecule has 16 N–H and O–H groups in total.